The van der Waals surface area contributed by atoms with Gasteiger partial charge < -0.3 is 29.7 Å². The maximum atomic E-state index is 14.5. The first-order valence-corrected chi connectivity index (χ1v) is 13.9. The fourth-order valence-electron chi connectivity index (χ4n) is 6.20. The number of ether oxygens (including phenoxy) is 1. The Bertz CT molecular complexity index is 1820. The molecule has 3 amide bonds. The highest BCUT2D eigenvalue weighted by Crippen LogP contribution is 2.38. The molecule has 42 heavy (non-hydrogen) atoms. The number of H-pyrrole nitrogens is 1. The molecule has 2 aromatic carbocycles. The summed E-state index contributed by atoms with van der Waals surface area (Å²) in [5, 5.41) is 7.34. The lowest BCUT2D eigenvalue weighted by Gasteiger charge is -2.24. The van der Waals surface area contributed by atoms with Gasteiger partial charge in [0.25, 0.3) is 5.91 Å². The summed E-state index contributed by atoms with van der Waals surface area (Å²) in [6.07, 6.45) is 5.46. The molecular weight excluding hydrogens is 541 g/mol. The summed E-state index contributed by atoms with van der Waals surface area (Å²) in [6, 6.07) is 12.4. The summed E-state index contributed by atoms with van der Waals surface area (Å²) in [5.74, 6) is -1.59. The van der Waals surface area contributed by atoms with E-state index in [0.29, 0.717) is 35.0 Å². The molecule has 2 aliphatic rings. The Morgan fingerprint density at radius 1 is 1.12 bits per heavy atom. The third-order valence-electron chi connectivity index (χ3n) is 8.24. The molecule has 0 bridgehead atoms. The largest absolute Gasteiger partial charge is 0.456 e. The molecule has 214 valence electrons. The first kappa shape index (κ1) is 26.1. The van der Waals surface area contributed by atoms with Crippen molar-refractivity contribution in [2.75, 3.05) is 19.7 Å². The second-order valence-electron chi connectivity index (χ2n) is 11.0. The molecule has 5 heterocycles. The van der Waals surface area contributed by atoms with Crippen molar-refractivity contribution in [1.82, 2.24) is 25.5 Å². The van der Waals surface area contributed by atoms with Gasteiger partial charge in [-0.2, -0.15) is 0 Å². The van der Waals surface area contributed by atoms with E-state index in [0.717, 1.165) is 29.4 Å². The van der Waals surface area contributed by atoms with Gasteiger partial charge in [0.2, 0.25) is 11.8 Å². The minimum absolute atomic E-state index is 0.265. The van der Waals surface area contributed by atoms with Gasteiger partial charge in [-0.05, 0) is 55.3 Å². The zero-order chi connectivity index (χ0) is 28.8. The van der Waals surface area contributed by atoms with Crippen LogP contribution >= 0.6 is 0 Å². The van der Waals surface area contributed by atoms with Gasteiger partial charge in [0.1, 0.15) is 23.0 Å². The molecule has 3 aromatic heterocycles. The summed E-state index contributed by atoms with van der Waals surface area (Å²) in [4.78, 5) is 48.7. The Labute approximate surface area is 239 Å². The van der Waals surface area contributed by atoms with E-state index in [1.54, 1.807) is 42.7 Å². The number of aromatic nitrogens is 2. The highest BCUT2D eigenvalue weighted by Gasteiger charge is 2.50. The number of rotatable bonds is 6. The number of furan rings is 1. The molecule has 0 radical (unpaired) electrons. The standard InChI is InChI=1S/C31H28FN5O5/c32-22-3-1-4-26-28(22)21-12-18(5-6-25(21)42-26)29(39)35-16-27(38)37-17-31(8-2-10-41-31)13-24(37)30(40)34-15-20-11-19-14-33-9-7-23(19)36-20/h1,3-7,9,11-12,14,24,36H,2,8,10,13,15-17H2,(H,34,40)(H,35,39)/t24-,31?/m0/s1. The lowest BCUT2D eigenvalue weighted by Crippen LogP contribution is -2.49. The number of halogens is 1. The Kier molecular flexibility index (Phi) is 6.38. The Balaban J connectivity index is 1.04. The van der Waals surface area contributed by atoms with Crippen molar-refractivity contribution < 1.29 is 27.9 Å². The number of carbonyl (C=O) groups is 3. The maximum absolute atomic E-state index is 14.5. The molecular formula is C31H28FN5O5. The fraction of sp³-hybridized carbons (Fsp3) is 0.290. The predicted molar refractivity (Wildman–Crippen MR) is 152 cm³/mol. The van der Waals surface area contributed by atoms with Crippen molar-refractivity contribution in [3.05, 3.63) is 78.0 Å². The Morgan fingerprint density at radius 3 is 2.86 bits per heavy atom. The zero-order valence-corrected chi connectivity index (χ0v) is 22.6. The third kappa shape index (κ3) is 4.65. The van der Waals surface area contributed by atoms with E-state index in [4.69, 9.17) is 9.15 Å². The Hall–Kier alpha value is -4.77. The lowest BCUT2D eigenvalue weighted by atomic mass is 9.96. The molecule has 5 aromatic rings. The van der Waals surface area contributed by atoms with Crippen LogP contribution in [-0.4, -0.2) is 63.9 Å². The molecule has 0 saturated carbocycles. The van der Waals surface area contributed by atoms with Crippen LogP contribution in [0.3, 0.4) is 0 Å². The van der Waals surface area contributed by atoms with E-state index in [1.807, 2.05) is 12.1 Å². The third-order valence-corrected chi connectivity index (χ3v) is 8.24. The van der Waals surface area contributed by atoms with Gasteiger partial charge in [-0.3, -0.25) is 19.4 Å². The molecule has 2 fully saturated rings. The molecule has 3 N–H and O–H groups in total. The van der Waals surface area contributed by atoms with E-state index in [2.05, 4.69) is 20.6 Å². The van der Waals surface area contributed by atoms with Crippen LogP contribution in [0.25, 0.3) is 32.8 Å². The van der Waals surface area contributed by atoms with Crippen LogP contribution in [0.2, 0.25) is 0 Å². The number of hydrogen-bond donors (Lipinski definition) is 3. The van der Waals surface area contributed by atoms with E-state index < -0.39 is 23.4 Å². The van der Waals surface area contributed by atoms with Gasteiger partial charge in [0.05, 0.1) is 30.6 Å². The monoisotopic (exact) mass is 569 g/mol. The number of amides is 3. The minimum atomic E-state index is -0.727. The molecule has 7 rings (SSSR count). The van der Waals surface area contributed by atoms with Crippen LogP contribution in [0, 0.1) is 5.82 Å². The van der Waals surface area contributed by atoms with E-state index in [-0.39, 0.29) is 37.0 Å². The first-order chi connectivity index (χ1) is 20.4. The highest BCUT2D eigenvalue weighted by molar-refractivity contribution is 6.08. The van der Waals surface area contributed by atoms with Crippen LogP contribution in [0.4, 0.5) is 4.39 Å². The van der Waals surface area contributed by atoms with Gasteiger partial charge in [-0.1, -0.05) is 6.07 Å². The van der Waals surface area contributed by atoms with Crippen LogP contribution in [0.15, 0.2) is 65.3 Å². The number of fused-ring (bicyclic) bond motifs is 4. The average Bonchev–Trinajstić information content (AvgIpc) is 3.79. The average molecular weight is 570 g/mol. The maximum Gasteiger partial charge on any atom is 0.251 e. The SMILES string of the molecule is O=C(NCC(=O)N1CC2(CCCO2)C[C@H]1C(=O)NCc1cc2cnccc2[nH]1)c1ccc2oc3cccc(F)c3c2c1. The molecule has 2 aliphatic heterocycles. The number of nitrogens with zero attached hydrogens (tertiary/aromatic N) is 2. The predicted octanol–water partition coefficient (Wildman–Crippen LogP) is 3.80. The number of pyridine rings is 1. The van der Waals surface area contributed by atoms with Crippen LogP contribution in [-0.2, 0) is 20.9 Å². The highest BCUT2D eigenvalue weighted by atomic mass is 19.1. The second kappa shape index (κ2) is 10.3. The van der Waals surface area contributed by atoms with Gasteiger partial charge in [0, 0.05) is 53.0 Å². The summed E-state index contributed by atoms with van der Waals surface area (Å²) in [5.41, 5.74) is 2.29. The van der Waals surface area contributed by atoms with Crippen molar-refractivity contribution in [3.63, 3.8) is 0 Å². The minimum Gasteiger partial charge on any atom is -0.456 e. The van der Waals surface area contributed by atoms with Gasteiger partial charge >= 0.3 is 0 Å². The summed E-state index contributed by atoms with van der Waals surface area (Å²) >= 11 is 0. The normalized spacial score (nSPS) is 20.2. The number of nitrogens with one attached hydrogen (secondary N) is 3. The van der Waals surface area contributed by atoms with E-state index in [1.165, 1.54) is 11.0 Å². The Morgan fingerprint density at radius 2 is 2.02 bits per heavy atom. The number of carbonyl (C=O) groups excluding carboxylic acids is 3. The van der Waals surface area contributed by atoms with Crippen molar-refractivity contribution in [2.24, 2.45) is 0 Å². The smallest absolute Gasteiger partial charge is 0.251 e. The topological polar surface area (TPSA) is 130 Å². The van der Waals surface area contributed by atoms with E-state index in [9.17, 15) is 18.8 Å². The van der Waals surface area contributed by atoms with Gasteiger partial charge in [-0.25, -0.2) is 4.39 Å². The second-order valence-corrected chi connectivity index (χ2v) is 11.0. The molecule has 11 heteroatoms. The quantitative estimate of drug-likeness (QED) is 0.285. The van der Waals surface area contributed by atoms with Gasteiger partial charge in [-0.15, -0.1) is 0 Å². The lowest BCUT2D eigenvalue weighted by molar-refractivity contribution is -0.138. The van der Waals surface area contributed by atoms with Crippen LogP contribution in [0.5, 0.6) is 0 Å². The van der Waals surface area contributed by atoms with Gasteiger partial charge in [0.15, 0.2) is 0 Å². The molecule has 1 spiro atoms. The summed E-state index contributed by atoms with van der Waals surface area (Å²) in [7, 11) is 0. The van der Waals surface area contributed by atoms with Crippen molar-refractivity contribution in [1.29, 1.82) is 0 Å². The van der Waals surface area contributed by atoms with Crippen molar-refractivity contribution in [3.8, 4) is 0 Å². The number of benzene rings is 2. The molecule has 2 atom stereocenters. The van der Waals surface area contributed by atoms with Crippen LogP contribution in [0.1, 0.15) is 35.3 Å². The number of aromatic amines is 1. The first-order valence-electron chi connectivity index (χ1n) is 13.9. The van der Waals surface area contributed by atoms with Crippen LogP contribution < -0.4 is 10.6 Å². The number of likely N-dealkylation sites (tertiary alicyclic amines) is 1. The molecule has 1 unspecified atom stereocenters. The fourth-order valence-corrected chi connectivity index (χ4v) is 6.20. The van der Waals surface area contributed by atoms with Crippen molar-refractivity contribution in [2.45, 2.75) is 37.5 Å². The summed E-state index contributed by atoms with van der Waals surface area (Å²) < 4.78 is 26.2. The molecule has 10 nitrogen and oxygen atoms in total. The molecule has 2 saturated heterocycles. The summed E-state index contributed by atoms with van der Waals surface area (Å²) in [6.45, 7) is 0.834. The zero-order valence-electron chi connectivity index (χ0n) is 22.6. The molecule has 0 aliphatic carbocycles. The van der Waals surface area contributed by atoms with Crippen molar-refractivity contribution >= 4 is 50.6 Å². The number of hydrogen-bond acceptors (Lipinski definition) is 6. The van der Waals surface area contributed by atoms with E-state index >= 15 is 0 Å².